The molecule has 7 heteroatoms. The van der Waals surface area contributed by atoms with Crippen LogP contribution in [0.15, 0.2) is 19.8 Å². The minimum Gasteiger partial charge on any atom is -0.367 e. The lowest BCUT2D eigenvalue weighted by molar-refractivity contribution is 0.0208. The molecule has 0 amide bonds. The van der Waals surface area contributed by atoms with E-state index in [1.165, 1.54) is 0 Å². The summed E-state index contributed by atoms with van der Waals surface area (Å²) < 4.78 is 11.8. The molecular formula is C10H10BrN3O2S. The average Bonchev–Trinajstić information content (AvgIpc) is 2.98. The van der Waals surface area contributed by atoms with E-state index in [0.29, 0.717) is 18.3 Å². The first-order valence-electron chi connectivity index (χ1n) is 5.23. The maximum absolute atomic E-state index is 5.56. The van der Waals surface area contributed by atoms with E-state index in [9.17, 15) is 0 Å². The highest BCUT2D eigenvalue weighted by Crippen LogP contribution is 2.28. The van der Waals surface area contributed by atoms with Crippen molar-refractivity contribution in [2.45, 2.75) is 6.10 Å². The van der Waals surface area contributed by atoms with Gasteiger partial charge in [-0.15, -0.1) is 11.3 Å². The minimum atomic E-state index is -0.108. The van der Waals surface area contributed by atoms with Gasteiger partial charge < -0.3 is 14.6 Å². The Morgan fingerprint density at radius 2 is 2.47 bits per heavy atom. The number of hydrogen-bond acceptors (Lipinski definition) is 6. The van der Waals surface area contributed by atoms with E-state index in [-0.39, 0.29) is 6.10 Å². The van der Waals surface area contributed by atoms with Gasteiger partial charge in [0.1, 0.15) is 6.10 Å². The summed E-state index contributed by atoms with van der Waals surface area (Å²) in [5, 5.41) is 9.17. The standard InChI is InChI=1S/C10H10BrN3O2S/c11-8-3-6(5-17-8)10-13-9(14-16-10)7-4-12-1-2-15-7/h3,5,7,12H,1-2,4H2. The van der Waals surface area contributed by atoms with Gasteiger partial charge in [-0.05, 0) is 22.0 Å². The number of thiophene rings is 1. The molecule has 0 bridgehead atoms. The Hall–Kier alpha value is -0.760. The fraction of sp³-hybridized carbons (Fsp3) is 0.400. The lowest BCUT2D eigenvalue weighted by Gasteiger charge is -2.20. The second kappa shape index (κ2) is 4.85. The van der Waals surface area contributed by atoms with Gasteiger partial charge in [-0.3, -0.25) is 0 Å². The molecule has 2 aromatic heterocycles. The second-order valence-corrected chi connectivity index (χ2v) is 5.95. The van der Waals surface area contributed by atoms with E-state index in [1.807, 2.05) is 11.4 Å². The number of rotatable bonds is 2. The molecule has 1 aliphatic heterocycles. The number of morpholine rings is 1. The number of nitrogens with one attached hydrogen (secondary N) is 1. The van der Waals surface area contributed by atoms with Gasteiger partial charge in [0.15, 0.2) is 0 Å². The molecule has 1 saturated heterocycles. The first-order valence-corrected chi connectivity index (χ1v) is 6.90. The normalized spacial score (nSPS) is 20.6. The highest BCUT2D eigenvalue weighted by molar-refractivity contribution is 9.11. The number of nitrogens with zero attached hydrogens (tertiary/aromatic N) is 2. The zero-order valence-corrected chi connectivity index (χ0v) is 11.3. The highest BCUT2D eigenvalue weighted by Gasteiger charge is 2.22. The Labute approximate surface area is 110 Å². The third-order valence-electron chi connectivity index (χ3n) is 2.47. The lowest BCUT2D eigenvalue weighted by atomic mass is 10.3. The molecule has 0 aliphatic carbocycles. The van der Waals surface area contributed by atoms with Gasteiger partial charge in [0, 0.05) is 18.5 Å². The van der Waals surface area contributed by atoms with E-state index in [2.05, 4.69) is 31.4 Å². The molecule has 1 atom stereocenters. The molecule has 3 heterocycles. The van der Waals surface area contributed by atoms with Crippen molar-refractivity contribution in [1.29, 1.82) is 0 Å². The van der Waals surface area contributed by atoms with Crippen molar-refractivity contribution in [3.8, 4) is 11.5 Å². The van der Waals surface area contributed by atoms with Gasteiger partial charge in [-0.1, -0.05) is 5.16 Å². The molecule has 2 aromatic rings. The van der Waals surface area contributed by atoms with E-state index in [4.69, 9.17) is 9.26 Å². The average molecular weight is 316 g/mol. The fourth-order valence-corrected chi connectivity index (χ4v) is 2.77. The highest BCUT2D eigenvalue weighted by atomic mass is 79.9. The summed E-state index contributed by atoms with van der Waals surface area (Å²) in [5.41, 5.74) is 0.935. The van der Waals surface area contributed by atoms with Gasteiger partial charge in [-0.25, -0.2) is 0 Å². The van der Waals surface area contributed by atoms with Crippen LogP contribution in [0.2, 0.25) is 0 Å². The quantitative estimate of drug-likeness (QED) is 0.920. The van der Waals surface area contributed by atoms with Gasteiger partial charge in [0.2, 0.25) is 5.82 Å². The zero-order chi connectivity index (χ0) is 11.7. The van der Waals surface area contributed by atoms with Crippen molar-refractivity contribution >= 4 is 27.3 Å². The van der Waals surface area contributed by atoms with Gasteiger partial charge in [0.05, 0.1) is 16.0 Å². The molecule has 1 fully saturated rings. The first kappa shape index (κ1) is 11.3. The summed E-state index contributed by atoms with van der Waals surface area (Å²) in [5.74, 6) is 1.14. The molecule has 0 spiro atoms. The largest absolute Gasteiger partial charge is 0.367 e. The van der Waals surface area contributed by atoms with Crippen molar-refractivity contribution in [2.24, 2.45) is 0 Å². The zero-order valence-electron chi connectivity index (χ0n) is 8.85. The Morgan fingerprint density at radius 3 is 3.18 bits per heavy atom. The maximum atomic E-state index is 5.56. The molecule has 0 aromatic carbocycles. The fourth-order valence-electron chi connectivity index (χ4n) is 1.64. The predicted molar refractivity (Wildman–Crippen MR) is 66.9 cm³/mol. The van der Waals surface area contributed by atoms with Crippen molar-refractivity contribution in [3.63, 3.8) is 0 Å². The number of hydrogen-bond donors (Lipinski definition) is 1. The maximum Gasteiger partial charge on any atom is 0.258 e. The van der Waals surface area contributed by atoms with E-state index >= 15 is 0 Å². The monoisotopic (exact) mass is 315 g/mol. The van der Waals surface area contributed by atoms with Crippen LogP contribution in [-0.2, 0) is 4.74 Å². The minimum absolute atomic E-state index is 0.108. The molecule has 1 N–H and O–H groups in total. The van der Waals surface area contributed by atoms with Crippen LogP contribution in [0.1, 0.15) is 11.9 Å². The molecule has 0 saturated carbocycles. The van der Waals surface area contributed by atoms with Crippen molar-refractivity contribution in [3.05, 3.63) is 21.1 Å². The third-order valence-corrected chi connectivity index (χ3v) is 3.98. The predicted octanol–water partition coefficient (Wildman–Crippen LogP) is 2.22. The Morgan fingerprint density at radius 1 is 1.53 bits per heavy atom. The van der Waals surface area contributed by atoms with E-state index in [0.717, 1.165) is 22.4 Å². The van der Waals surface area contributed by atoms with Crippen LogP contribution >= 0.6 is 27.3 Å². The number of aromatic nitrogens is 2. The summed E-state index contributed by atoms with van der Waals surface area (Å²) in [6.07, 6.45) is -0.108. The Bertz CT molecular complexity index is 507. The van der Waals surface area contributed by atoms with Gasteiger partial charge >= 0.3 is 0 Å². The van der Waals surface area contributed by atoms with Crippen molar-refractivity contribution in [2.75, 3.05) is 19.7 Å². The molecule has 1 aliphatic rings. The smallest absolute Gasteiger partial charge is 0.258 e. The van der Waals surface area contributed by atoms with Crippen LogP contribution in [0.5, 0.6) is 0 Å². The molecular weight excluding hydrogens is 306 g/mol. The molecule has 90 valence electrons. The van der Waals surface area contributed by atoms with Crippen molar-refractivity contribution < 1.29 is 9.26 Å². The topological polar surface area (TPSA) is 60.2 Å². The Balaban J connectivity index is 1.82. The molecule has 0 radical (unpaired) electrons. The number of halogens is 1. The van der Waals surface area contributed by atoms with E-state index in [1.54, 1.807) is 11.3 Å². The molecule has 3 rings (SSSR count). The summed E-state index contributed by atoms with van der Waals surface area (Å²) in [6.45, 7) is 2.28. The summed E-state index contributed by atoms with van der Waals surface area (Å²) >= 11 is 5.00. The number of ether oxygens (including phenoxy) is 1. The third kappa shape index (κ3) is 2.42. The molecule has 5 nitrogen and oxygen atoms in total. The van der Waals surface area contributed by atoms with Crippen molar-refractivity contribution in [1.82, 2.24) is 15.5 Å². The van der Waals surface area contributed by atoms with Crippen LogP contribution in [0, 0.1) is 0 Å². The Kier molecular flexibility index (Phi) is 3.24. The SMILES string of the molecule is Brc1cc(-c2nc(C3CNCCO3)no2)cs1. The van der Waals surface area contributed by atoms with Crippen LogP contribution in [0.25, 0.3) is 11.5 Å². The first-order chi connectivity index (χ1) is 8.33. The van der Waals surface area contributed by atoms with Crippen LogP contribution in [-0.4, -0.2) is 29.8 Å². The van der Waals surface area contributed by atoms with Crippen LogP contribution < -0.4 is 5.32 Å². The van der Waals surface area contributed by atoms with Gasteiger partial charge in [0.25, 0.3) is 5.89 Å². The van der Waals surface area contributed by atoms with Crippen LogP contribution in [0.3, 0.4) is 0 Å². The van der Waals surface area contributed by atoms with Gasteiger partial charge in [-0.2, -0.15) is 4.98 Å². The second-order valence-electron chi connectivity index (χ2n) is 3.66. The summed E-state index contributed by atoms with van der Waals surface area (Å²) in [7, 11) is 0. The van der Waals surface area contributed by atoms with E-state index < -0.39 is 0 Å². The van der Waals surface area contributed by atoms with Crippen LogP contribution in [0.4, 0.5) is 0 Å². The molecule has 1 unspecified atom stereocenters. The summed E-state index contributed by atoms with van der Waals surface area (Å²) in [6, 6.07) is 1.96. The summed E-state index contributed by atoms with van der Waals surface area (Å²) in [4.78, 5) is 4.36. The molecule has 17 heavy (non-hydrogen) atoms. The lowest BCUT2D eigenvalue weighted by Crippen LogP contribution is -2.33.